The van der Waals surface area contributed by atoms with Crippen molar-refractivity contribution in [1.29, 1.82) is 0 Å². The zero-order valence-electron chi connectivity index (χ0n) is 29.1. The summed E-state index contributed by atoms with van der Waals surface area (Å²) in [5, 5.41) is 8.35. The Hall–Kier alpha value is -7.30. The van der Waals surface area contributed by atoms with E-state index in [0.29, 0.717) is 5.95 Å². The molecule has 4 heteroatoms. The molecule has 0 aliphatic rings. The van der Waals surface area contributed by atoms with Crippen LogP contribution in [-0.2, 0) is 0 Å². The third kappa shape index (κ3) is 4.08. The topological polar surface area (TPSA) is 35.1 Å². The standard InChI is InChI=1S/C50H30N4/c1-3-13-31(14-4-1)33-23-25-34(26-24-33)47-37-18-7-10-20-42(37)51-50(52-47)54-43-21-11-8-17-36(43)40-30-41-39-29-35(32-15-5-2-6-16-32)27-28-45(39)53-44-22-12-9-19-38(44)46(48(41)53)49(40)54/h1-30H. The molecule has 0 aliphatic carbocycles. The Balaban J connectivity index is 1.19. The lowest BCUT2D eigenvalue weighted by atomic mass is 10.00. The molecule has 0 fully saturated rings. The predicted molar refractivity (Wildman–Crippen MR) is 225 cm³/mol. The molecule has 0 spiro atoms. The fourth-order valence-corrected chi connectivity index (χ4v) is 8.86. The first kappa shape index (κ1) is 29.3. The van der Waals surface area contributed by atoms with Crippen LogP contribution in [-0.4, -0.2) is 18.9 Å². The number of hydrogen-bond acceptors (Lipinski definition) is 2. The zero-order valence-corrected chi connectivity index (χ0v) is 29.1. The summed E-state index contributed by atoms with van der Waals surface area (Å²) in [7, 11) is 0. The maximum Gasteiger partial charge on any atom is 0.235 e. The van der Waals surface area contributed by atoms with E-state index in [4.69, 9.17) is 9.97 Å². The van der Waals surface area contributed by atoms with Gasteiger partial charge in [0.15, 0.2) is 0 Å². The number of nitrogens with zero attached hydrogens (tertiary/aromatic N) is 4. The molecular weight excluding hydrogens is 657 g/mol. The summed E-state index contributed by atoms with van der Waals surface area (Å²) in [6, 6.07) is 65.2. The molecule has 0 amide bonds. The summed E-state index contributed by atoms with van der Waals surface area (Å²) in [6.45, 7) is 0. The number of hydrogen-bond donors (Lipinski definition) is 0. The van der Waals surface area contributed by atoms with Crippen LogP contribution in [0.2, 0.25) is 0 Å². The second kappa shape index (κ2) is 11.1. The molecule has 8 aromatic carbocycles. The van der Waals surface area contributed by atoms with E-state index in [1.807, 2.05) is 0 Å². The molecule has 4 aromatic heterocycles. The number of rotatable bonds is 4. The summed E-state index contributed by atoms with van der Waals surface area (Å²) >= 11 is 0. The Morgan fingerprint density at radius 1 is 0.333 bits per heavy atom. The van der Waals surface area contributed by atoms with Gasteiger partial charge < -0.3 is 4.40 Å². The predicted octanol–water partition coefficient (Wildman–Crippen LogP) is 12.9. The van der Waals surface area contributed by atoms with Gasteiger partial charge in [0.25, 0.3) is 0 Å². The third-order valence-electron chi connectivity index (χ3n) is 11.3. The van der Waals surface area contributed by atoms with Crippen LogP contribution in [0.3, 0.4) is 0 Å². The zero-order chi connectivity index (χ0) is 35.3. The van der Waals surface area contributed by atoms with Crippen molar-refractivity contribution in [3.63, 3.8) is 0 Å². The van der Waals surface area contributed by atoms with Gasteiger partial charge in [-0.1, -0.05) is 146 Å². The first-order chi connectivity index (χ1) is 26.8. The Bertz CT molecular complexity index is 3410. The number of fused-ring (bicyclic) bond motifs is 11. The minimum absolute atomic E-state index is 0.663. The first-order valence-corrected chi connectivity index (χ1v) is 18.4. The molecule has 0 N–H and O–H groups in total. The normalized spacial score (nSPS) is 12.1. The SMILES string of the molecule is c1ccc(-c2ccc(-c3nc(-n4c5ccccc5c5cc6c7cc(-c8ccccc8)ccc7n7c8ccccc8c(c54)c67)nc4ccccc34)cc2)cc1. The van der Waals surface area contributed by atoms with Crippen molar-refractivity contribution in [2.75, 3.05) is 0 Å². The molecule has 0 unspecified atom stereocenters. The van der Waals surface area contributed by atoms with Crippen molar-refractivity contribution in [2.24, 2.45) is 0 Å². The van der Waals surface area contributed by atoms with E-state index >= 15 is 0 Å². The Labute approximate surface area is 310 Å². The molecule has 4 heterocycles. The van der Waals surface area contributed by atoms with E-state index in [1.165, 1.54) is 71.1 Å². The Kier molecular flexibility index (Phi) is 6.02. The lowest BCUT2D eigenvalue weighted by Crippen LogP contribution is -2.03. The summed E-state index contributed by atoms with van der Waals surface area (Å²) in [6.07, 6.45) is 0. The average Bonchev–Trinajstić information content (AvgIpc) is 3.88. The van der Waals surface area contributed by atoms with Crippen molar-refractivity contribution in [1.82, 2.24) is 18.9 Å². The third-order valence-corrected chi connectivity index (χ3v) is 11.3. The lowest BCUT2D eigenvalue weighted by molar-refractivity contribution is 1.02. The lowest BCUT2D eigenvalue weighted by Gasteiger charge is -2.13. The molecule has 250 valence electrons. The van der Waals surface area contributed by atoms with Crippen LogP contribution in [0.5, 0.6) is 0 Å². The van der Waals surface area contributed by atoms with Crippen molar-refractivity contribution < 1.29 is 0 Å². The van der Waals surface area contributed by atoms with Gasteiger partial charge in [-0.25, -0.2) is 9.97 Å². The van der Waals surface area contributed by atoms with Crippen LogP contribution in [0.1, 0.15) is 0 Å². The highest BCUT2D eigenvalue weighted by atomic mass is 15.2. The second-order valence-corrected chi connectivity index (χ2v) is 14.2. The van der Waals surface area contributed by atoms with Crippen molar-refractivity contribution in [3.05, 3.63) is 182 Å². The fraction of sp³-hybridized carbons (Fsp3) is 0. The Morgan fingerprint density at radius 2 is 0.889 bits per heavy atom. The molecule has 4 nitrogen and oxygen atoms in total. The van der Waals surface area contributed by atoms with E-state index in [1.54, 1.807) is 0 Å². The van der Waals surface area contributed by atoms with Gasteiger partial charge in [-0.15, -0.1) is 0 Å². The molecule has 0 radical (unpaired) electrons. The number of para-hydroxylation sites is 3. The van der Waals surface area contributed by atoms with E-state index in [0.717, 1.165) is 33.2 Å². The second-order valence-electron chi connectivity index (χ2n) is 14.2. The van der Waals surface area contributed by atoms with Crippen LogP contribution in [0.15, 0.2) is 182 Å². The molecule has 0 saturated carbocycles. The number of benzene rings is 8. The molecule has 12 aromatic rings. The van der Waals surface area contributed by atoms with Gasteiger partial charge in [-0.2, -0.15) is 0 Å². The Morgan fingerprint density at radius 3 is 1.67 bits per heavy atom. The minimum atomic E-state index is 0.663. The van der Waals surface area contributed by atoms with E-state index in [-0.39, 0.29) is 0 Å². The van der Waals surface area contributed by atoms with Gasteiger partial charge in [0.1, 0.15) is 0 Å². The highest BCUT2D eigenvalue weighted by Crippen LogP contribution is 2.47. The summed E-state index contributed by atoms with van der Waals surface area (Å²) in [5.41, 5.74) is 13.5. The van der Waals surface area contributed by atoms with Crippen LogP contribution in [0.25, 0.3) is 110 Å². The van der Waals surface area contributed by atoms with Gasteiger partial charge in [-0.05, 0) is 58.7 Å². The molecule has 12 rings (SSSR count). The molecule has 0 bridgehead atoms. The monoisotopic (exact) mass is 686 g/mol. The van der Waals surface area contributed by atoms with Crippen molar-refractivity contribution in [3.8, 4) is 39.5 Å². The van der Waals surface area contributed by atoms with Gasteiger partial charge in [0.2, 0.25) is 5.95 Å². The molecule has 0 saturated heterocycles. The quantitative estimate of drug-likeness (QED) is 0.185. The molecule has 54 heavy (non-hydrogen) atoms. The molecular formula is C50H30N4. The summed E-state index contributed by atoms with van der Waals surface area (Å²) in [4.78, 5) is 10.8. The largest absolute Gasteiger partial charge is 0.308 e. The maximum atomic E-state index is 5.48. The summed E-state index contributed by atoms with van der Waals surface area (Å²) < 4.78 is 4.78. The smallest absolute Gasteiger partial charge is 0.235 e. The van der Waals surface area contributed by atoms with E-state index in [2.05, 4.69) is 191 Å². The average molecular weight is 687 g/mol. The molecule has 0 aliphatic heterocycles. The van der Waals surface area contributed by atoms with Gasteiger partial charge in [0, 0.05) is 43.3 Å². The highest BCUT2D eigenvalue weighted by Gasteiger charge is 2.25. The van der Waals surface area contributed by atoms with Crippen LogP contribution in [0, 0.1) is 0 Å². The van der Waals surface area contributed by atoms with Crippen LogP contribution >= 0.6 is 0 Å². The highest BCUT2D eigenvalue weighted by molar-refractivity contribution is 6.34. The van der Waals surface area contributed by atoms with E-state index in [9.17, 15) is 0 Å². The van der Waals surface area contributed by atoms with E-state index < -0.39 is 0 Å². The minimum Gasteiger partial charge on any atom is -0.308 e. The van der Waals surface area contributed by atoms with Gasteiger partial charge in [0.05, 0.1) is 38.8 Å². The van der Waals surface area contributed by atoms with Crippen LogP contribution < -0.4 is 0 Å². The maximum absolute atomic E-state index is 5.48. The fourth-order valence-electron chi connectivity index (χ4n) is 8.86. The van der Waals surface area contributed by atoms with Crippen molar-refractivity contribution >= 4 is 70.8 Å². The summed E-state index contributed by atoms with van der Waals surface area (Å²) in [5.74, 6) is 0.663. The van der Waals surface area contributed by atoms with Crippen molar-refractivity contribution in [2.45, 2.75) is 0 Å². The molecule has 0 atom stereocenters. The van der Waals surface area contributed by atoms with Gasteiger partial charge in [-0.3, -0.25) is 4.57 Å². The number of aromatic nitrogens is 4. The van der Waals surface area contributed by atoms with Crippen LogP contribution in [0.4, 0.5) is 0 Å². The first-order valence-electron chi connectivity index (χ1n) is 18.4. The van der Waals surface area contributed by atoms with Gasteiger partial charge >= 0.3 is 0 Å².